The third-order valence-corrected chi connectivity index (χ3v) is 3.52. The van der Waals surface area contributed by atoms with Gasteiger partial charge in [0.05, 0.1) is 23.2 Å². The van der Waals surface area contributed by atoms with Gasteiger partial charge in [0.1, 0.15) is 0 Å². The summed E-state index contributed by atoms with van der Waals surface area (Å²) in [5.41, 5.74) is 2.73. The number of nitriles is 1. The molecule has 0 radical (unpaired) electrons. The molecule has 5 heteroatoms. The van der Waals surface area contributed by atoms with E-state index in [0.29, 0.717) is 5.56 Å². The Kier molecular flexibility index (Phi) is 5.69. The third-order valence-electron chi connectivity index (χ3n) is 3.52. The summed E-state index contributed by atoms with van der Waals surface area (Å²) in [6.45, 7) is 3.49. The fourth-order valence-corrected chi connectivity index (χ4v) is 2.15. The van der Waals surface area contributed by atoms with E-state index < -0.39 is 5.97 Å². The number of nitrogens with zero attached hydrogens (tertiary/aromatic N) is 1. The fourth-order valence-electron chi connectivity index (χ4n) is 2.15. The van der Waals surface area contributed by atoms with Crippen LogP contribution >= 0.6 is 0 Å². The van der Waals surface area contributed by atoms with Gasteiger partial charge in [-0.1, -0.05) is 35.9 Å². The predicted molar refractivity (Wildman–Crippen MR) is 89.2 cm³/mol. The molecule has 24 heavy (non-hydrogen) atoms. The van der Waals surface area contributed by atoms with Crippen molar-refractivity contribution in [1.82, 2.24) is 5.32 Å². The van der Waals surface area contributed by atoms with Crippen molar-refractivity contribution in [2.24, 2.45) is 0 Å². The van der Waals surface area contributed by atoms with Crippen molar-refractivity contribution in [3.63, 3.8) is 0 Å². The molecule has 2 aromatic rings. The monoisotopic (exact) mass is 322 g/mol. The zero-order valence-electron chi connectivity index (χ0n) is 13.6. The number of nitrogens with one attached hydrogen (secondary N) is 1. The number of esters is 1. The minimum atomic E-state index is -0.634. The number of benzene rings is 2. The molecule has 2 rings (SSSR count). The Bertz CT molecular complexity index is 776. The van der Waals surface area contributed by atoms with Crippen molar-refractivity contribution >= 4 is 11.9 Å². The number of amides is 1. The van der Waals surface area contributed by atoms with E-state index in [1.54, 1.807) is 12.1 Å². The summed E-state index contributed by atoms with van der Waals surface area (Å²) in [4.78, 5) is 23.8. The highest BCUT2D eigenvalue weighted by molar-refractivity contribution is 5.91. The number of ether oxygens (including phenoxy) is 1. The Morgan fingerprint density at radius 1 is 1.21 bits per heavy atom. The highest BCUT2D eigenvalue weighted by Gasteiger charge is 2.13. The lowest BCUT2D eigenvalue weighted by atomic mass is 10.1. The summed E-state index contributed by atoms with van der Waals surface area (Å²) in [7, 11) is 0. The second-order valence-corrected chi connectivity index (χ2v) is 5.47. The number of hydrogen-bond acceptors (Lipinski definition) is 4. The molecular weight excluding hydrogens is 304 g/mol. The third kappa shape index (κ3) is 4.68. The Labute approximate surface area is 140 Å². The molecule has 2 aromatic carbocycles. The molecule has 0 saturated carbocycles. The molecule has 1 atom stereocenters. The molecule has 0 aromatic heterocycles. The van der Waals surface area contributed by atoms with E-state index in [1.165, 1.54) is 12.1 Å². The summed E-state index contributed by atoms with van der Waals surface area (Å²) in [5, 5.41) is 11.6. The first-order valence-corrected chi connectivity index (χ1v) is 7.53. The summed E-state index contributed by atoms with van der Waals surface area (Å²) in [5.74, 6) is -1.02. The SMILES string of the molecule is Cc1ccc(C(C)NC(=O)COC(=O)c2cccc(C#N)c2)cc1. The van der Waals surface area contributed by atoms with Gasteiger partial charge >= 0.3 is 5.97 Å². The predicted octanol–water partition coefficient (Wildman–Crippen LogP) is 2.90. The maximum absolute atomic E-state index is 11.9. The van der Waals surface area contributed by atoms with Crippen LogP contribution in [-0.2, 0) is 9.53 Å². The van der Waals surface area contributed by atoms with Gasteiger partial charge in [-0.05, 0) is 37.6 Å². The van der Waals surface area contributed by atoms with Gasteiger partial charge < -0.3 is 10.1 Å². The highest BCUT2D eigenvalue weighted by atomic mass is 16.5. The zero-order chi connectivity index (χ0) is 17.5. The second-order valence-electron chi connectivity index (χ2n) is 5.47. The normalized spacial score (nSPS) is 11.2. The minimum Gasteiger partial charge on any atom is -0.452 e. The lowest BCUT2D eigenvalue weighted by Crippen LogP contribution is -2.31. The zero-order valence-corrected chi connectivity index (χ0v) is 13.6. The lowest BCUT2D eigenvalue weighted by molar-refractivity contribution is -0.124. The van der Waals surface area contributed by atoms with Crippen LogP contribution in [-0.4, -0.2) is 18.5 Å². The van der Waals surface area contributed by atoms with E-state index in [9.17, 15) is 9.59 Å². The molecule has 1 unspecified atom stereocenters. The molecule has 122 valence electrons. The van der Waals surface area contributed by atoms with E-state index in [-0.39, 0.29) is 24.1 Å². The van der Waals surface area contributed by atoms with Gasteiger partial charge in [-0.3, -0.25) is 4.79 Å². The Balaban J connectivity index is 1.87. The molecule has 0 heterocycles. The quantitative estimate of drug-likeness (QED) is 0.858. The van der Waals surface area contributed by atoms with Crippen LogP contribution in [0.25, 0.3) is 0 Å². The van der Waals surface area contributed by atoms with Gasteiger partial charge in [-0.2, -0.15) is 5.26 Å². The first-order valence-electron chi connectivity index (χ1n) is 7.53. The molecule has 1 N–H and O–H groups in total. The van der Waals surface area contributed by atoms with Gasteiger partial charge in [0.2, 0.25) is 0 Å². The van der Waals surface area contributed by atoms with Crippen molar-refractivity contribution in [3.05, 3.63) is 70.8 Å². The topological polar surface area (TPSA) is 79.2 Å². The smallest absolute Gasteiger partial charge is 0.338 e. The molecule has 0 aliphatic heterocycles. The van der Waals surface area contributed by atoms with Crippen LogP contribution in [0.1, 0.15) is 40.0 Å². The van der Waals surface area contributed by atoms with Crippen molar-refractivity contribution < 1.29 is 14.3 Å². The standard InChI is InChI=1S/C19H18N2O3/c1-13-6-8-16(9-7-13)14(2)21-18(22)12-24-19(23)17-5-3-4-15(10-17)11-20/h3-10,14H,12H2,1-2H3,(H,21,22). The molecule has 0 spiro atoms. The van der Waals surface area contributed by atoms with E-state index in [4.69, 9.17) is 10.00 Å². The van der Waals surface area contributed by atoms with Gasteiger partial charge in [0.15, 0.2) is 6.61 Å². The molecular formula is C19H18N2O3. The first-order chi connectivity index (χ1) is 11.5. The molecule has 1 amide bonds. The average Bonchev–Trinajstić information content (AvgIpc) is 2.60. The fraction of sp³-hybridized carbons (Fsp3) is 0.211. The van der Waals surface area contributed by atoms with E-state index in [0.717, 1.165) is 11.1 Å². The van der Waals surface area contributed by atoms with Crippen LogP contribution in [0.15, 0.2) is 48.5 Å². The van der Waals surface area contributed by atoms with Gasteiger partial charge in [-0.25, -0.2) is 4.79 Å². The highest BCUT2D eigenvalue weighted by Crippen LogP contribution is 2.13. The van der Waals surface area contributed by atoms with Crippen LogP contribution in [0.2, 0.25) is 0 Å². The molecule has 0 aliphatic carbocycles. The summed E-state index contributed by atoms with van der Waals surface area (Å²) in [6.07, 6.45) is 0. The van der Waals surface area contributed by atoms with Gasteiger partial charge in [-0.15, -0.1) is 0 Å². The maximum Gasteiger partial charge on any atom is 0.338 e. The molecule has 0 saturated heterocycles. The Morgan fingerprint density at radius 3 is 2.58 bits per heavy atom. The van der Waals surface area contributed by atoms with Crippen LogP contribution in [0.4, 0.5) is 0 Å². The minimum absolute atomic E-state index is 0.182. The molecule has 0 fully saturated rings. The average molecular weight is 322 g/mol. The van der Waals surface area contributed by atoms with Gasteiger partial charge in [0.25, 0.3) is 5.91 Å². The summed E-state index contributed by atoms with van der Waals surface area (Å²) in [6, 6.07) is 15.7. The largest absolute Gasteiger partial charge is 0.452 e. The van der Waals surface area contributed by atoms with Crippen molar-refractivity contribution in [2.75, 3.05) is 6.61 Å². The van der Waals surface area contributed by atoms with E-state index in [1.807, 2.05) is 44.2 Å². The first kappa shape index (κ1) is 17.2. The number of carbonyl (C=O) groups excluding carboxylic acids is 2. The van der Waals surface area contributed by atoms with E-state index >= 15 is 0 Å². The van der Waals surface area contributed by atoms with Crippen LogP contribution in [0, 0.1) is 18.3 Å². The van der Waals surface area contributed by atoms with E-state index in [2.05, 4.69) is 5.32 Å². The number of aryl methyl sites for hydroxylation is 1. The maximum atomic E-state index is 11.9. The van der Waals surface area contributed by atoms with Crippen molar-refractivity contribution in [2.45, 2.75) is 19.9 Å². The van der Waals surface area contributed by atoms with Crippen LogP contribution in [0.5, 0.6) is 0 Å². The number of carbonyl (C=O) groups is 2. The molecule has 0 aliphatic rings. The Morgan fingerprint density at radius 2 is 1.92 bits per heavy atom. The number of rotatable bonds is 5. The second kappa shape index (κ2) is 7.93. The van der Waals surface area contributed by atoms with Crippen molar-refractivity contribution in [3.8, 4) is 6.07 Å². The van der Waals surface area contributed by atoms with Crippen molar-refractivity contribution in [1.29, 1.82) is 5.26 Å². The lowest BCUT2D eigenvalue weighted by Gasteiger charge is -2.14. The van der Waals surface area contributed by atoms with Crippen LogP contribution in [0.3, 0.4) is 0 Å². The molecule has 5 nitrogen and oxygen atoms in total. The summed E-state index contributed by atoms with van der Waals surface area (Å²) < 4.78 is 4.98. The van der Waals surface area contributed by atoms with Gasteiger partial charge in [0, 0.05) is 0 Å². The summed E-state index contributed by atoms with van der Waals surface area (Å²) >= 11 is 0. The van der Waals surface area contributed by atoms with Crippen LogP contribution < -0.4 is 5.32 Å². The Hall–Kier alpha value is -3.13. The number of hydrogen-bond donors (Lipinski definition) is 1. The molecule has 0 bridgehead atoms.